The van der Waals surface area contributed by atoms with Crippen LogP contribution in [0.5, 0.6) is 0 Å². The van der Waals surface area contributed by atoms with Crippen molar-refractivity contribution < 1.29 is 0 Å². The number of likely N-dealkylation sites (tertiary alicyclic amines) is 1. The molecule has 0 amide bonds. The highest BCUT2D eigenvalue weighted by Gasteiger charge is 2.18. The maximum Gasteiger partial charge on any atom is 0.0195 e. The highest BCUT2D eigenvalue weighted by atomic mass is 15.2. The normalized spacial score (nSPS) is 22.2. The summed E-state index contributed by atoms with van der Waals surface area (Å²) < 4.78 is 0. The lowest BCUT2D eigenvalue weighted by Gasteiger charge is -2.34. The number of piperidine rings is 1. The molecule has 1 rings (SSSR count). The third-order valence-corrected chi connectivity index (χ3v) is 3.82. The maximum absolute atomic E-state index is 3.66. The van der Waals surface area contributed by atoms with Crippen molar-refractivity contribution >= 4 is 0 Å². The van der Waals surface area contributed by atoms with Gasteiger partial charge in [-0.05, 0) is 45.4 Å². The first-order valence-corrected chi connectivity index (χ1v) is 7.48. The van der Waals surface area contributed by atoms with E-state index < -0.39 is 0 Å². The zero-order valence-electron chi connectivity index (χ0n) is 12.0. The largest absolute Gasteiger partial charge is 0.313 e. The van der Waals surface area contributed by atoms with E-state index in [0.29, 0.717) is 0 Å². The van der Waals surface area contributed by atoms with Gasteiger partial charge in [0.1, 0.15) is 0 Å². The number of nitrogens with zero attached hydrogens (tertiary/aromatic N) is 2. The van der Waals surface area contributed by atoms with Crippen LogP contribution < -0.4 is 5.32 Å². The van der Waals surface area contributed by atoms with Gasteiger partial charge in [-0.15, -0.1) is 0 Å². The smallest absolute Gasteiger partial charge is 0.0195 e. The average Bonchev–Trinajstić information content (AvgIpc) is 2.38. The fraction of sp³-hybridized carbons (Fsp3) is 1.00. The maximum atomic E-state index is 3.66. The molecule has 0 aliphatic carbocycles. The summed E-state index contributed by atoms with van der Waals surface area (Å²) in [5.41, 5.74) is 0. The van der Waals surface area contributed by atoms with E-state index in [1.165, 1.54) is 65.1 Å². The number of rotatable bonds is 8. The van der Waals surface area contributed by atoms with Gasteiger partial charge < -0.3 is 15.1 Å². The summed E-state index contributed by atoms with van der Waals surface area (Å²) in [5, 5.41) is 3.66. The van der Waals surface area contributed by atoms with E-state index in [9.17, 15) is 0 Å². The second kappa shape index (κ2) is 8.90. The fourth-order valence-corrected chi connectivity index (χ4v) is 2.60. The van der Waals surface area contributed by atoms with Crippen molar-refractivity contribution in [2.45, 2.75) is 46.1 Å². The third kappa shape index (κ3) is 5.84. The quantitative estimate of drug-likeness (QED) is 0.699. The minimum Gasteiger partial charge on any atom is -0.313 e. The topological polar surface area (TPSA) is 18.5 Å². The van der Waals surface area contributed by atoms with Gasteiger partial charge in [-0.1, -0.05) is 20.8 Å². The highest BCUT2D eigenvalue weighted by molar-refractivity contribution is 4.78. The molecule has 0 aromatic rings. The van der Waals surface area contributed by atoms with E-state index in [1.54, 1.807) is 0 Å². The summed E-state index contributed by atoms with van der Waals surface area (Å²) in [5.74, 6) is 0. The number of hydrogen-bond acceptors (Lipinski definition) is 3. The van der Waals surface area contributed by atoms with Crippen LogP contribution in [0, 0.1) is 0 Å². The minimum atomic E-state index is 0.736. The Morgan fingerprint density at radius 1 is 1.24 bits per heavy atom. The van der Waals surface area contributed by atoms with Crippen molar-refractivity contribution in [1.82, 2.24) is 15.1 Å². The lowest BCUT2D eigenvalue weighted by molar-refractivity contribution is 0.164. The van der Waals surface area contributed by atoms with Gasteiger partial charge in [-0.2, -0.15) is 0 Å². The molecule has 17 heavy (non-hydrogen) atoms. The van der Waals surface area contributed by atoms with Gasteiger partial charge in [0.05, 0.1) is 0 Å². The van der Waals surface area contributed by atoms with Gasteiger partial charge >= 0.3 is 0 Å². The van der Waals surface area contributed by atoms with Crippen LogP contribution in [0.3, 0.4) is 0 Å². The molecule has 0 aromatic carbocycles. The SMILES string of the molecule is CCCNC1CCCN(CCN(CC)CC)C1. The van der Waals surface area contributed by atoms with Crippen molar-refractivity contribution in [3.8, 4) is 0 Å². The molecule has 1 aliphatic heterocycles. The van der Waals surface area contributed by atoms with Gasteiger partial charge in [0.25, 0.3) is 0 Å². The predicted molar refractivity (Wildman–Crippen MR) is 75.5 cm³/mol. The van der Waals surface area contributed by atoms with Crippen molar-refractivity contribution in [2.75, 3.05) is 45.8 Å². The van der Waals surface area contributed by atoms with Gasteiger partial charge in [-0.3, -0.25) is 0 Å². The molecule has 1 N–H and O–H groups in total. The summed E-state index contributed by atoms with van der Waals surface area (Å²) in [6, 6.07) is 0.736. The second-order valence-corrected chi connectivity index (χ2v) is 5.12. The van der Waals surface area contributed by atoms with E-state index >= 15 is 0 Å². The van der Waals surface area contributed by atoms with Crippen molar-refractivity contribution in [3.05, 3.63) is 0 Å². The van der Waals surface area contributed by atoms with Crippen LogP contribution in [-0.2, 0) is 0 Å². The van der Waals surface area contributed by atoms with Crippen molar-refractivity contribution in [2.24, 2.45) is 0 Å². The summed E-state index contributed by atoms with van der Waals surface area (Å²) in [6.07, 6.45) is 3.97. The van der Waals surface area contributed by atoms with Gasteiger partial charge in [-0.25, -0.2) is 0 Å². The van der Waals surface area contributed by atoms with E-state index in [4.69, 9.17) is 0 Å². The molecule has 1 atom stereocenters. The average molecular weight is 241 g/mol. The molecule has 0 aromatic heterocycles. The van der Waals surface area contributed by atoms with Crippen LogP contribution in [0.1, 0.15) is 40.0 Å². The van der Waals surface area contributed by atoms with Crippen LogP contribution in [0.2, 0.25) is 0 Å². The van der Waals surface area contributed by atoms with E-state index in [2.05, 4.69) is 35.9 Å². The molecular formula is C14H31N3. The monoisotopic (exact) mass is 241 g/mol. The first-order chi connectivity index (χ1) is 8.30. The molecule has 3 heteroatoms. The molecule has 102 valence electrons. The highest BCUT2D eigenvalue weighted by Crippen LogP contribution is 2.09. The van der Waals surface area contributed by atoms with E-state index in [0.717, 1.165) is 6.04 Å². The molecule has 1 saturated heterocycles. The van der Waals surface area contributed by atoms with Crippen LogP contribution in [0.25, 0.3) is 0 Å². The molecular weight excluding hydrogens is 210 g/mol. The Balaban J connectivity index is 2.19. The molecule has 0 bridgehead atoms. The van der Waals surface area contributed by atoms with Crippen LogP contribution in [0.15, 0.2) is 0 Å². The Morgan fingerprint density at radius 2 is 2.00 bits per heavy atom. The number of likely N-dealkylation sites (N-methyl/N-ethyl adjacent to an activating group) is 1. The number of nitrogens with one attached hydrogen (secondary N) is 1. The molecule has 3 nitrogen and oxygen atoms in total. The van der Waals surface area contributed by atoms with E-state index in [1.807, 2.05) is 0 Å². The van der Waals surface area contributed by atoms with Crippen molar-refractivity contribution in [1.29, 1.82) is 0 Å². The molecule has 1 unspecified atom stereocenters. The van der Waals surface area contributed by atoms with Gasteiger partial charge in [0.2, 0.25) is 0 Å². The zero-order valence-corrected chi connectivity index (χ0v) is 12.0. The lowest BCUT2D eigenvalue weighted by atomic mass is 10.1. The Morgan fingerprint density at radius 3 is 2.65 bits per heavy atom. The fourth-order valence-electron chi connectivity index (χ4n) is 2.60. The second-order valence-electron chi connectivity index (χ2n) is 5.12. The zero-order chi connectivity index (χ0) is 12.5. The standard InChI is InChI=1S/C14H31N3/c1-4-9-15-14-8-7-10-17(13-14)12-11-16(5-2)6-3/h14-15H,4-13H2,1-3H3. The van der Waals surface area contributed by atoms with Crippen molar-refractivity contribution in [3.63, 3.8) is 0 Å². The molecule has 1 fully saturated rings. The summed E-state index contributed by atoms with van der Waals surface area (Å²) in [7, 11) is 0. The van der Waals surface area contributed by atoms with Crippen LogP contribution >= 0.6 is 0 Å². The Bertz CT molecular complexity index is 180. The van der Waals surface area contributed by atoms with Crippen LogP contribution in [0.4, 0.5) is 0 Å². The van der Waals surface area contributed by atoms with Gasteiger partial charge in [0.15, 0.2) is 0 Å². The van der Waals surface area contributed by atoms with Crippen LogP contribution in [-0.4, -0.2) is 61.7 Å². The van der Waals surface area contributed by atoms with E-state index in [-0.39, 0.29) is 0 Å². The lowest BCUT2D eigenvalue weighted by Crippen LogP contribution is -2.47. The molecule has 0 radical (unpaired) electrons. The number of hydrogen-bond donors (Lipinski definition) is 1. The Kier molecular flexibility index (Phi) is 7.82. The Hall–Kier alpha value is -0.120. The third-order valence-electron chi connectivity index (χ3n) is 3.82. The first kappa shape index (κ1) is 14.9. The predicted octanol–water partition coefficient (Wildman–Crippen LogP) is 1.79. The van der Waals surface area contributed by atoms with Gasteiger partial charge in [0, 0.05) is 25.7 Å². The first-order valence-electron chi connectivity index (χ1n) is 7.48. The molecule has 0 spiro atoms. The molecule has 1 heterocycles. The molecule has 1 aliphatic rings. The Labute approximate surface area is 108 Å². The molecule has 0 saturated carbocycles. The summed E-state index contributed by atoms with van der Waals surface area (Å²) in [4.78, 5) is 5.15. The summed E-state index contributed by atoms with van der Waals surface area (Å²) >= 11 is 0. The minimum absolute atomic E-state index is 0.736. The summed E-state index contributed by atoms with van der Waals surface area (Å²) in [6.45, 7) is 15.3.